The van der Waals surface area contributed by atoms with Crippen LogP contribution in [0, 0.1) is 6.92 Å². The topological polar surface area (TPSA) is 24.9 Å². The Morgan fingerprint density at radius 1 is 1.10 bits per heavy atom. The molecule has 2 aromatic rings. The zero-order valence-corrected chi connectivity index (χ0v) is 12.7. The highest BCUT2D eigenvalue weighted by Crippen LogP contribution is 2.22. The Morgan fingerprint density at radius 2 is 1.85 bits per heavy atom. The quantitative estimate of drug-likeness (QED) is 0.861. The fourth-order valence-corrected chi connectivity index (χ4v) is 2.57. The van der Waals surface area contributed by atoms with Crippen LogP contribution in [-0.2, 0) is 12.8 Å². The van der Waals surface area contributed by atoms with Crippen LogP contribution < -0.4 is 5.32 Å². The van der Waals surface area contributed by atoms with Gasteiger partial charge >= 0.3 is 0 Å². The number of hydrogen-bond donors (Lipinski definition) is 1. The fourth-order valence-electron chi connectivity index (χ4n) is 2.57. The molecule has 0 bridgehead atoms. The van der Waals surface area contributed by atoms with Crippen LogP contribution in [-0.4, -0.2) is 11.5 Å². The van der Waals surface area contributed by atoms with Gasteiger partial charge in [0.25, 0.3) is 0 Å². The van der Waals surface area contributed by atoms with E-state index in [4.69, 9.17) is 0 Å². The second-order valence-electron chi connectivity index (χ2n) is 5.23. The molecule has 0 amide bonds. The first kappa shape index (κ1) is 14.7. The van der Waals surface area contributed by atoms with Crippen molar-refractivity contribution in [1.82, 2.24) is 10.3 Å². The molecule has 2 heteroatoms. The van der Waals surface area contributed by atoms with Gasteiger partial charge in [0.1, 0.15) is 0 Å². The van der Waals surface area contributed by atoms with E-state index in [9.17, 15) is 0 Å². The molecular weight excluding hydrogens is 244 g/mol. The van der Waals surface area contributed by atoms with Crippen molar-refractivity contribution in [3.63, 3.8) is 0 Å². The second-order valence-corrected chi connectivity index (χ2v) is 5.23. The van der Waals surface area contributed by atoms with Crippen molar-refractivity contribution >= 4 is 0 Å². The van der Waals surface area contributed by atoms with E-state index >= 15 is 0 Å². The number of aromatic nitrogens is 1. The average Bonchev–Trinajstić information content (AvgIpc) is 2.49. The minimum absolute atomic E-state index is 0.362. The maximum atomic E-state index is 4.25. The van der Waals surface area contributed by atoms with E-state index < -0.39 is 0 Å². The van der Waals surface area contributed by atoms with E-state index in [1.807, 2.05) is 12.4 Å². The van der Waals surface area contributed by atoms with Gasteiger partial charge in [-0.1, -0.05) is 43.7 Å². The Hall–Kier alpha value is -1.67. The molecular formula is C18H24N2. The summed E-state index contributed by atoms with van der Waals surface area (Å²) >= 11 is 0. The number of hydrogen-bond acceptors (Lipinski definition) is 2. The first-order valence-corrected chi connectivity index (χ1v) is 7.46. The van der Waals surface area contributed by atoms with Crippen LogP contribution in [0.2, 0.25) is 0 Å². The van der Waals surface area contributed by atoms with Gasteiger partial charge in [0.15, 0.2) is 0 Å². The number of benzene rings is 1. The molecule has 0 spiro atoms. The minimum atomic E-state index is 0.362. The van der Waals surface area contributed by atoms with Gasteiger partial charge in [0.05, 0.1) is 0 Å². The lowest BCUT2D eigenvalue weighted by atomic mass is 9.95. The van der Waals surface area contributed by atoms with E-state index in [1.165, 1.54) is 22.3 Å². The van der Waals surface area contributed by atoms with Crippen LogP contribution in [0.1, 0.15) is 42.1 Å². The first-order chi connectivity index (χ1) is 9.74. The Balaban J connectivity index is 2.24. The highest BCUT2D eigenvalue weighted by Gasteiger charge is 2.14. The van der Waals surface area contributed by atoms with E-state index in [0.717, 1.165) is 19.4 Å². The van der Waals surface area contributed by atoms with E-state index in [1.54, 1.807) is 0 Å². The van der Waals surface area contributed by atoms with Crippen LogP contribution in [0.3, 0.4) is 0 Å². The maximum absolute atomic E-state index is 4.25. The maximum Gasteiger partial charge on any atom is 0.0364 e. The lowest BCUT2D eigenvalue weighted by Gasteiger charge is -2.21. The van der Waals surface area contributed by atoms with Crippen molar-refractivity contribution in [1.29, 1.82) is 0 Å². The summed E-state index contributed by atoms with van der Waals surface area (Å²) in [5.41, 5.74) is 5.41. The van der Waals surface area contributed by atoms with Crippen molar-refractivity contribution < 1.29 is 0 Å². The average molecular weight is 268 g/mol. The summed E-state index contributed by atoms with van der Waals surface area (Å²) in [5.74, 6) is 0. The molecule has 1 N–H and O–H groups in total. The third-order valence-electron chi connectivity index (χ3n) is 3.71. The van der Waals surface area contributed by atoms with Gasteiger partial charge in [0.2, 0.25) is 0 Å². The van der Waals surface area contributed by atoms with Crippen molar-refractivity contribution in [2.45, 2.75) is 39.7 Å². The molecule has 0 aliphatic rings. The Morgan fingerprint density at radius 3 is 2.50 bits per heavy atom. The summed E-state index contributed by atoms with van der Waals surface area (Å²) < 4.78 is 0. The van der Waals surface area contributed by atoms with Crippen LogP contribution in [0.15, 0.2) is 42.7 Å². The molecule has 0 radical (unpaired) electrons. The van der Waals surface area contributed by atoms with Crippen LogP contribution in [0.25, 0.3) is 0 Å². The lowest BCUT2D eigenvalue weighted by Crippen LogP contribution is -2.24. The molecule has 0 saturated carbocycles. The molecule has 1 unspecified atom stereocenters. The normalized spacial score (nSPS) is 12.3. The summed E-state index contributed by atoms with van der Waals surface area (Å²) in [5, 5.41) is 3.61. The molecule has 0 saturated heterocycles. The van der Waals surface area contributed by atoms with E-state index in [0.29, 0.717) is 6.04 Å². The van der Waals surface area contributed by atoms with E-state index in [2.05, 4.69) is 61.4 Å². The van der Waals surface area contributed by atoms with Crippen LogP contribution in [0.5, 0.6) is 0 Å². The van der Waals surface area contributed by atoms with Crippen molar-refractivity contribution in [2.24, 2.45) is 0 Å². The highest BCUT2D eigenvalue weighted by molar-refractivity contribution is 5.30. The minimum Gasteiger partial charge on any atom is -0.310 e. The Kier molecular flexibility index (Phi) is 5.31. The van der Waals surface area contributed by atoms with Gasteiger partial charge in [-0.25, -0.2) is 0 Å². The number of likely N-dealkylation sites (N-methyl/N-ethyl adjacent to an activating group) is 1. The number of pyridine rings is 1. The summed E-state index contributed by atoms with van der Waals surface area (Å²) in [6.45, 7) is 7.45. The van der Waals surface area contributed by atoms with Gasteiger partial charge in [-0.3, -0.25) is 4.98 Å². The van der Waals surface area contributed by atoms with Gasteiger partial charge in [-0.15, -0.1) is 0 Å². The summed E-state index contributed by atoms with van der Waals surface area (Å²) in [6, 6.07) is 11.3. The van der Waals surface area contributed by atoms with Crippen molar-refractivity contribution in [3.8, 4) is 0 Å². The number of aryl methyl sites for hydroxylation is 2. The third kappa shape index (κ3) is 3.67. The molecule has 20 heavy (non-hydrogen) atoms. The summed E-state index contributed by atoms with van der Waals surface area (Å²) in [4.78, 5) is 4.25. The predicted octanol–water partition coefficient (Wildman–Crippen LogP) is 3.85. The molecule has 106 valence electrons. The number of nitrogens with one attached hydrogen (secondary N) is 1. The zero-order valence-electron chi connectivity index (χ0n) is 12.7. The summed E-state index contributed by atoms with van der Waals surface area (Å²) in [7, 11) is 0. The standard InChI is InChI=1S/C18H24N2/c1-4-16-13-19-11-10-17(16)18(20-5-2)12-15-8-6-14(3)7-9-15/h6-11,13,18,20H,4-5,12H2,1-3H3. The molecule has 0 fully saturated rings. The summed E-state index contributed by atoms with van der Waals surface area (Å²) in [6.07, 6.45) is 5.94. The van der Waals surface area contributed by atoms with Gasteiger partial charge < -0.3 is 5.32 Å². The molecule has 0 aliphatic heterocycles. The first-order valence-electron chi connectivity index (χ1n) is 7.46. The SMILES string of the molecule is CCNC(Cc1ccc(C)cc1)c1ccncc1CC. The van der Waals surface area contributed by atoms with Crippen LogP contribution in [0.4, 0.5) is 0 Å². The molecule has 2 nitrogen and oxygen atoms in total. The number of nitrogens with zero attached hydrogens (tertiary/aromatic N) is 1. The second kappa shape index (κ2) is 7.20. The molecule has 1 atom stereocenters. The monoisotopic (exact) mass is 268 g/mol. The Labute approximate surface area is 122 Å². The Bertz CT molecular complexity index is 531. The van der Waals surface area contributed by atoms with Gasteiger partial charge in [-0.2, -0.15) is 0 Å². The van der Waals surface area contributed by atoms with Crippen LogP contribution >= 0.6 is 0 Å². The highest BCUT2D eigenvalue weighted by atomic mass is 14.9. The zero-order chi connectivity index (χ0) is 14.4. The smallest absolute Gasteiger partial charge is 0.0364 e. The molecule has 1 heterocycles. The lowest BCUT2D eigenvalue weighted by molar-refractivity contribution is 0.545. The molecule has 1 aromatic carbocycles. The van der Waals surface area contributed by atoms with Crippen molar-refractivity contribution in [2.75, 3.05) is 6.54 Å². The molecule has 1 aromatic heterocycles. The predicted molar refractivity (Wildman–Crippen MR) is 84.9 cm³/mol. The van der Waals surface area contributed by atoms with Gasteiger partial charge in [0, 0.05) is 18.4 Å². The molecule has 0 aliphatic carbocycles. The molecule has 2 rings (SSSR count). The third-order valence-corrected chi connectivity index (χ3v) is 3.71. The fraction of sp³-hybridized carbons (Fsp3) is 0.389. The van der Waals surface area contributed by atoms with Gasteiger partial charge in [-0.05, 0) is 49.1 Å². The van der Waals surface area contributed by atoms with Crippen molar-refractivity contribution in [3.05, 3.63) is 65.0 Å². The number of rotatable bonds is 6. The largest absolute Gasteiger partial charge is 0.310 e. The van der Waals surface area contributed by atoms with E-state index in [-0.39, 0.29) is 0 Å².